The molecule has 0 aliphatic rings. The lowest BCUT2D eigenvalue weighted by Crippen LogP contribution is -2.15. The van der Waals surface area contributed by atoms with Gasteiger partial charge in [0, 0.05) is 7.05 Å². The number of rotatable bonds is 7. The number of nitrogens with one attached hydrogen (secondary N) is 1. The van der Waals surface area contributed by atoms with Crippen LogP contribution in [0.3, 0.4) is 0 Å². The van der Waals surface area contributed by atoms with Crippen molar-refractivity contribution in [2.24, 2.45) is 7.05 Å². The van der Waals surface area contributed by atoms with Crippen LogP contribution in [0.15, 0.2) is 46.2 Å². The maximum absolute atomic E-state index is 12.3. The second-order valence-corrected chi connectivity index (χ2v) is 6.46. The van der Waals surface area contributed by atoms with E-state index < -0.39 is 0 Å². The number of aryl methyl sites for hydroxylation is 1. The number of carbonyl (C=O) groups is 1. The molecular formula is C18H20N4O3S. The first-order valence-electron chi connectivity index (χ1n) is 8.18. The molecule has 0 saturated carbocycles. The van der Waals surface area contributed by atoms with Crippen molar-refractivity contribution in [1.29, 1.82) is 0 Å². The normalized spacial score (nSPS) is 10.7. The van der Waals surface area contributed by atoms with E-state index in [0.29, 0.717) is 29.0 Å². The van der Waals surface area contributed by atoms with Gasteiger partial charge in [0.1, 0.15) is 11.5 Å². The van der Waals surface area contributed by atoms with Gasteiger partial charge in [0.15, 0.2) is 11.0 Å². The van der Waals surface area contributed by atoms with Crippen molar-refractivity contribution in [2.75, 3.05) is 17.7 Å². The molecule has 1 aromatic carbocycles. The van der Waals surface area contributed by atoms with Crippen LogP contribution in [0, 0.1) is 6.92 Å². The van der Waals surface area contributed by atoms with Gasteiger partial charge in [0.2, 0.25) is 5.91 Å². The van der Waals surface area contributed by atoms with Gasteiger partial charge in [-0.3, -0.25) is 4.79 Å². The smallest absolute Gasteiger partial charge is 0.234 e. The fraction of sp³-hybridized carbons (Fsp3) is 0.278. The van der Waals surface area contributed by atoms with E-state index in [1.807, 2.05) is 55.8 Å². The first-order chi connectivity index (χ1) is 12.6. The maximum Gasteiger partial charge on any atom is 0.234 e. The number of nitrogens with zero attached hydrogens (tertiary/aromatic N) is 3. The molecule has 0 bridgehead atoms. The van der Waals surface area contributed by atoms with Crippen molar-refractivity contribution in [3.8, 4) is 17.1 Å². The van der Waals surface area contributed by atoms with Gasteiger partial charge in [0.05, 0.1) is 29.9 Å². The highest BCUT2D eigenvalue weighted by molar-refractivity contribution is 7.99. The molecule has 1 N–H and O–H groups in total. The van der Waals surface area contributed by atoms with E-state index in [4.69, 9.17) is 9.15 Å². The number of para-hydroxylation sites is 2. The van der Waals surface area contributed by atoms with Gasteiger partial charge in [-0.05, 0) is 32.0 Å². The highest BCUT2D eigenvalue weighted by Crippen LogP contribution is 2.27. The molecule has 3 rings (SSSR count). The highest BCUT2D eigenvalue weighted by atomic mass is 32.2. The molecule has 26 heavy (non-hydrogen) atoms. The van der Waals surface area contributed by atoms with Crippen molar-refractivity contribution < 1.29 is 13.9 Å². The molecule has 7 nitrogen and oxygen atoms in total. The number of furan rings is 1. The summed E-state index contributed by atoms with van der Waals surface area (Å²) in [6, 6.07) is 9.22. The van der Waals surface area contributed by atoms with Crippen LogP contribution < -0.4 is 10.1 Å². The van der Waals surface area contributed by atoms with Gasteiger partial charge in [-0.15, -0.1) is 10.2 Å². The molecule has 0 saturated heterocycles. The topological polar surface area (TPSA) is 82.2 Å². The Balaban J connectivity index is 1.64. The highest BCUT2D eigenvalue weighted by Gasteiger charge is 2.16. The molecule has 0 unspecified atom stereocenters. The molecule has 0 spiro atoms. The number of ether oxygens (including phenoxy) is 1. The Morgan fingerprint density at radius 2 is 2.12 bits per heavy atom. The molecule has 0 aliphatic heterocycles. The predicted molar refractivity (Wildman–Crippen MR) is 100 cm³/mol. The van der Waals surface area contributed by atoms with E-state index in [1.165, 1.54) is 11.8 Å². The maximum atomic E-state index is 12.3. The standard InChI is InChI=1S/C18H20N4O3S/c1-4-24-15-8-6-5-7-14(15)19-16(23)11-26-18-21-20-17(22(18)3)13-9-10-25-12(13)2/h5-10H,4,11H2,1-3H3,(H,19,23). The monoisotopic (exact) mass is 372 g/mol. The third-order valence-corrected chi connectivity index (χ3v) is 4.75. The largest absolute Gasteiger partial charge is 0.492 e. The van der Waals surface area contributed by atoms with Gasteiger partial charge >= 0.3 is 0 Å². The molecule has 2 heterocycles. The van der Waals surface area contributed by atoms with Gasteiger partial charge in [0.25, 0.3) is 0 Å². The minimum absolute atomic E-state index is 0.133. The minimum Gasteiger partial charge on any atom is -0.492 e. The number of carbonyl (C=O) groups excluding carboxylic acids is 1. The van der Waals surface area contributed by atoms with Crippen LogP contribution >= 0.6 is 11.8 Å². The Kier molecular flexibility index (Phi) is 5.62. The summed E-state index contributed by atoms with van der Waals surface area (Å²) in [5.41, 5.74) is 1.55. The van der Waals surface area contributed by atoms with E-state index in [9.17, 15) is 4.79 Å². The number of hydrogen-bond acceptors (Lipinski definition) is 6. The summed E-state index contributed by atoms with van der Waals surface area (Å²) in [6.07, 6.45) is 1.62. The van der Waals surface area contributed by atoms with Crippen molar-refractivity contribution in [3.05, 3.63) is 42.4 Å². The van der Waals surface area contributed by atoms with Crippen LogP contribution in [-0.4, -0.2) is 33.0 Å². The minimum atomic E-state index is -0.133. The number of hydrogen-bond donors (Lipinski definition) is 1. The summed E-state index contributed by atoms with van der Waals surface area (Å²) in [5.74, 6) is 2.23. The number of thioether (sulfide) groups is 1. The zero-order valence-electron chi connectivity index (χ0n) is 14.9. The van der Waals surface area contributed by atoms with Gasteiger partial charge in [-0.25, -0.2) is 0 Å². The van der Waals surface area contributed by atoms with E-state index in [2.05, 4.69) is 15.5 Å². The quantitative estimate of drug-likeness (QED) is 0.639. The lowest BCUT2D eigenvalue weighted by atomic mass is 10.2. The second kappa shape index (κ2) is 8.09. The average Bonchev–Trinajstić information content (AvgIpc) is 3.20. The van der Waals surface area contributed by atoms with Crippen molar-refractivity contribution in [2.45, 2.75) is 19.0 Å². The SMILES string of the molecule is CCOc1ccccc1NC(=O)CSc1nnc(-c2ccoc2C)n1C. The summed E-state index contributed by atoms with van der Waals surface area (Å²) >= 11 is 1.32. The molecule has 0 aliphatic carbocycles. The Labute approximate surface area is 155 Å². The Hall–Kier alpha value is -2.74. The van der Waals surface area contributed by atoms with Crippen molar-refractivity contribution in [1.82, 2.24) is 14.8 Å². The van der Waals surface area contributed by atoms with Crippen LogP contribution in [0.5, 0.6) is 5.75 Å². The van der Waals surface area contributed by atoms with E-state index in [0.717, 1.165) is 11.3 Å². The fourth-order valence-corrected chi connectivity index (χ4v) is 3.17. The lowest BCUT2D eigenvalue weighted by molar-refractivity contribution is -0.113. The fourth-order valence-electron chi connectivity index (χ4n) is 2.46. The molecular weight excluding hydrogens is 352 g/mol. The summed E-state index contributed by atoms with van der Waals surface area (Å²) in [6.45, 7) is 4.32. The first-order valence-corrected chi connectivity index (χ1v) is 9.17. The van der Waals surface area contributed by atoms with Crippen LogP contribution in [0.2, 0.25) is 0 Å². The third kappa shape index (κ3) is 3.91. The molecule has 1 amide bonds. The Morgan fingerprint density at radius 3 is 2.85 bits per heavy atom. The molecule has 136 valence electrons. The molecule has 0 radical (unpaired) electrons. The molecule has 0 fully saturated rings. The summed E-state index contributed by atoms with van der Waals surface area (Å²) in [5, 5.41) is 11.9. The predicted octanol–water partition coefficient (Wildman–Crippen LogP) is 3.51. The zero-order valence-corrected chi connectivity index (χ0v) is 15.7. The van der Waals surface area contributed by atoms with E-state index in [1.54, 1.807) is 6.26 Å². The number of benzene rings is 1. The third-order valence-electron chi connectivity index (χ3n) is 3.73. The molecule has 0 atom stereocenters. The lowest BCUT2D eigenvalue weighted by Gasteiger charge is -2.11. The summed E-state index contributed by atoms with van der Waals surface area (Å²) in [4.78, 5) is 12.3. The number of amides is 1. The first kappa shape index (κ1) is 18.1. The van der Waals surface area contributed by atoms with Gasteiger partial charge in [-0.2, -0.15) is 0 Å². The van der Waals surface area contributed by atoms with Crippen LogP contribution in [-0.2, 0) is 11.8 Å². The van der Waals surface area contributed by atoms with Crippen LogP contribution in [0.4, 0.5) is 5.69 Å². The number of anilines is 1. The Morgan fingerprint density at radius 1 is 1.31 bits per heavy atom. The second-order valence-electron chi connectivity index (χ2n) is 5.52. The van der Waals surface area contributed by atoms with Gasteiger partial charge < -0.3 is 19.0 Å². The van der Waals surface area contributed by atoms with E-state index in [-0.39, 0.29) is 11.7 Å². The Bertz CT molecular complexity index is 903. The van der Waals surface area contributed by atoms with Crippen molar-refractivity contribution >= 4 is 23.4 Å². The van der Waals surface area contributed by atoms with Crippen LogP contribution in [0.25, 0.3) is 11.4 Å². The van der Waals surface area contributed by atoms with Gasteiger partial charge in [-0.1, -0.05) is 23.9 Å². The molecule has 8 heteroatoms. The van der Waals surface area contributed by atoms with Crippen LogP contribution in [0.1, 0.15) is 12.7 Å². The molecule has 2 aromatic heterocycles. The summed E-state index contributed by atoms with van der Waals surface area (Å²) in [7, 11) is 1.87. The average molecular weight is 372 g/mol. The zero-order chi connectivity index (χ0) is 18.5. The van der Waals surface area contributed by atoms with E-state index >= 15 is 0 Å². The van der Waals surface area contributed by atoms with Crippen molar-refractivity contribution in [3.63, 3.8) is 0 Å². The summed E-state index contributed by atoms with van der Waals surface area (Å²) < 4.78 is 12.7. The number of aromatic nitrogens is 3. The molecule has 3 aromatic rings.